The zero-order chi connectivity index (χ0) is 12.0. The molecule has 0 heterocycles. The molecule has 86 valence electrons. The van der Waals surface area contributed by atoms with Gasteiger partial charge in [0, 0.05) is 5.56 Å². The normalized spacial score (nSPS) is 9.81. The van der Waals surface area contributed by atoms with Crippen molar-refractivity contribution in [1.29, 1.82) is 0 Å². The predicted molar refractivity (Wildman–Crippen MR) is 67.4 cm³/mol. The van der Waals surface area contributed by atoms with Crippen LogP contribution < -0.4 is 10.5 Å². The highest BCUT2D eigenvalue weighted by Gasteiger charge is 2.00. The summed E-state index contributed by atoms with van der Waals surface area (Å²) in [6, 6.07) is 5.95. The molecule has 2 nitrogen and oxygen atoms in total. The average molecular weight is 217 g/mol. The standard InChI is InChI=1S/C14H19NO/c1-11(2)10-16-14-7-6-13(5-4-8-15)12(3)9-14/h6-7,9,11H,8,10,15H2,1-3H3. The van der Waals surface area contributed by atoms with Gasteiger partial charge in [-0.05, 0) is 36.6 Å². The molecule has 0 aliphatic rings. The minimum absolute atomic E-state index is 0.394. The van der Waals surface area contributed by atoms with E-state index in [4.69, 9.17) is 10.5 Å². The Morgan fingerprint density at radius 3 is 2.69 bits per heavy atom. The number of aryl methyl sites for hydroxylation is 1. The van der Waals surface area contributed by atoms with Crippen molar-refractivity contribution in [3.05, 3.63) is 29.3 Å². The van der Waals surface area contributed by atoms with Gasteiger partial charge in [0.25, 0.3) is 0 Å². The van der Waals surface area contributed by atoms with Crippen molar-refractivity contribution >= 4 is 0 Å². The van der Waals surface area contributed by atoms with Crippen molar-refractivity contribution in [3.63, 3.8) is 0 Å². The first-order chi connectivity index (χ1) is 7.63. The average Bonchev–Trinajstić information content (AvgIpc) is 2.25. The summed E-state index contributed by atoms with van der Waals surface area (Å²) in [5.74, 6) is 7.33. The first-order valence-electron chi connectivity index (χ1n) is 5.56. The molecule has 0 spiro atoms. The van der Waals surface area contributed by atoms with Gasteiger partial charge in [0.15, 0.2) is 0 Å². The van der Waals surface area contributed by atoms with Crippen molar-refractivity contribution in [2.24, 2.45) is 11.7 Å². The SMILES string of the molecule is Cc1cc(OCC(C)C)ccc1C#CCN. The second kappa shape index (κ2) is 6.19. The zero-order valence-electron chi connectivity index (χ0n) is 10.2. The molecule has 0 radical (unpaired) electrons. The van der Waals surface area contributed by atoms with Gasteiger partial charge in [0.1, 0.15) is 5.75 Å². The lowest BCUT2D eigenvalue weighted by molar-refractivity contribution is 0.271. The van der Waals surface area contributed by atoms with Crippen LogP contribution in [0.1, 0.15) is 25.0 Å². The van der Waals surface area contributed by atoms with Crippen LogP contribution >= 0.6 is 0 Å². The summed E-state index contributed by atoms with van der Waals surface area (Å²) in [5, 5.41) is 0. The second-order valence-electron chi connectivity index (χ2n) is 4.19. The van der Waals surface area contributed by atoms with Gasteiger partial charge in [0.2, 0.25) is 0 Å². The van der Waals surface area contributed by atoms with Crippen LogP contribution in [0.5, 0.6) is 5.75 Å². The van der Waals surface area contributed by atoms with Gasteiger partial charge in [-0.3, -0.25) is 0 Å². The Morgan fingerprint density at radius 1 is 1.38 bits per heavy atom. The van der Waals surface area contributed by atoms with Gasteiger partial charge in [-0.15, -0.1) is 0 Å². The zero-order valence-corrected chi connectivity index (χ0v) is 10.2. The van der Waals surface area contributed by atoms with E-state index in [1.54, 1.807) is 0 Å². The summed E-state index contributed by atoms with van der Waals surface area (Å²) in [6.07, 6.45) is 0. The Balaban J connectivity index is 2.74. The Hall–Kier alpha value is -1.46. The summed E-state index contributed by atoms with van der Waals surface area (Å²) in [6.45, 7) is 7.43. The van der Waals surface area contributed by atoms with Gasteiger partial charge in [-0.25, -0.2) is 0 Å². The van der Waals surface area contributed by atoms with Crippen LogP contribution in [0.4, 0.5) is 0 Å². The smallest absolute Gasteiger partial charge is 0.119 e. The fourth-order valence-corrected chi connectivity index (χ4v) is 1.28. The Kier molecular flexibility index (Phi) is 4.88. The fourth-order valence-electron chi connectivity index (χ4n) is 1.28. The molecule has 0 aromatic heterocycles. The maximum Gasteiger partial charge on any atom is 0.119 e. The molecule has 2 heteroatoms. The van der Waals surface area contributed by atoms with E-state index in [-0.39, 0.29) is 0 Å². The molecule has 0 unspecified atom stereocenters. The van der Waals surface area contributed by atoms with Gasteiger partial charge in [-0.2, -0.15) is 0 Å². The maximum absolute atomic E-state index is 5.63. The summed E-state index contributed by atoms with van der Waals surface area (Å²) >= 11 is 0. The van der Waals surface area contributed by atoms with Crippen molar-refractivity contribution in [2.45, 2.75) is 20.8 Å². The molecule has 0 bridgehead atoms. The molecular weight excluding hydrogens is 198 g/mol. The van der Waals surface area contributed by atoms with E-state index in [1.165, 1.54) is 0 Å². The molecule has 0 fully saturated rings. The molecule has 1 aromatic rings. The first kappa shape index (κ1) is 12.6. The van der Waals surface area contributed by atoms with Crippen LogP contribution in [0.25, 0.3) is 0 Å². The van der Waals surface area contributed by atoms with Crippen LogP contribution in [-0.4, -0.2) is 13.2 Å². The molecule has 0 saturated heterocycles. The van der Waals surface area contributed by atoms with Crippen molar-refractivity contribution in [2.75, 3.05) is 13.2 Å². The number of rotatable bonds is 3. The van der Waals surface area contributed by atoms with Crippen LogP contribution in [-0.2, 0) is 0 Å². The molecule has 0 aliphatic heterocycles. The Morgan fingerprint density at radius 2 is 2.12 bits per heavy atom. The third-order valence-electron chi connectivity index (χ3n) is 2.11. The third-order valence-corrected chi connectivity index (χ3v) is 2.11. The lowest BCUT2D eigenvalue weighted by Crippen LogP contribution is -2.04. The lowest BCUT2D eigenvalue weighted by Gasteiger charge is -2.09. The number of hydrogen-bond donors (Lipinski definition) is 1. The maximum atomic E-state index is 5.63. The summed E-state index contributed by atoms with van der Waals surface area (Å²) < 4.78 is 5.63. The number of hydrogen-bond acceptors (Lipinski definition) is 2. The lowest BCUT2D eigenvalue weighted by atomic mass is 10.1. The minimum atomic E-state index is 0.394. The van der Waals surface area contributed by atoms with Gasteiger partial charge < -0.3 is 10.5 Å². The van der Waals surface area contributed by atoms with E-state index in [2.05, 4.69) is 25.7 Å². The van der Waals surface area contributed by atoms with E-state index in [1.807, 2.05) is 25.1 Å². The van der Waals surface area contributed by atoms with Crippen molar-refractivity contribution in [1.82, 2.24) is 0 Å². The largest absolute Gasteiger partial charge is 0.493 e. The van der Waals surface area contributed by atoms with E-state index in [0.717, 1.165) is 23.5 Å². The van der Waals surface area contributed by atoms with Crippen LogP contribution in [0.2, 0.25) is 0 Å². The summed E-state index contributed by atoms with van der Waals surface area (Å²) in [7, 11) is 0. The summed E-state index contributed by atoms with van der Waals surface area (Å²) in [5.41, 5.74) is 7.48. The fraction of sp³-hybridized carbons (Fsp3) is 0.429. The molecular formula is C14H19NO. The van der Waals surface area contributed by atoms with E-state index in [0.29, 0.717) is 12.5 Å². The molecule has 1 aromatic carbocycles. The van der Waals surface area contributed by atoms with Crippen LogP contribution in [0.3, 0.4) is 0 Å². The van der Waals surface area contributed by atoms with E-state index >= 15 is 0 Å². The number of benzene rings is 1. The van der Waals surface area contributed by atoms with Gasteiger partial charge >= 0.3 is 0 Å². The minimum Gasteiger partial charge on any atom is -0.493 e. The highest BCUT2D eigenvalue weighted by atomic mass is 16.5. The quantitative estimate of drug-likeness (QED) is 0.789. The number of ether oxygens (including phenoxy) is 1. The van der Waals surface area contributed by atoms with E-state index < -0.39 is 0 Å². The Bertz CT molecular complexity index is 399. The monoisotopic (exact) mass is 217 g/mol. The highest BCUT2D eigenvalue weighted by molar-refractivity contribution is 5.44. The predicted octanol–water partition coefficient (Wildman–Crippen LogP) is 2.34. The first-order valence-corrected chi connectivity index (χ1v) is 5.56. The van der Waals surface area contributed by atoms with E-state index in [9.17, 15) is 0 Å². The molecule has 0 amide bonds. The van der Waals surface area contributed by atoms with Crippen molar-refractivity contribution in [3.8, 4) is 17.6 Å². The van der Waals surface area contributed by atoms with Gasteiger partial charge in [-0.1, -0.05) is 25.7 Å². The Labute approximate surface area is 97.8 Å². The van der Waals surface area contributed by atoms with Crippen LogP contribution in [0, 0.1) is 24.7 Å². The highest BCUT2D eigenvalue weighted by Crippen LogP contribution is 2.17. The molecule has 16 heavy (non-hydrogen) atoms. The molecule has 0 aliphatic carbocycles. The second-order valence-corrected chi connectivity index (χ2v) is 4.19. The number of nitrogens with two attached hydrogens (primary N) is 1. The topological polar surface area (TPSA) is 35.2 Å². The molecule has 1 rings (SSSR count). The summed E-state index contributed by atoms with van der Waals surface area (Å²) in [4.78, 5) is 0. The molecule has 0 atom stereocenters. The van der Waals surface area contributed by atoms with Gasteiger partial charge in [0.05, 0.1) is 13.2 Å². The van der Waals surface area contributed by atoms with Crippen LogP contribution in [0.15, 0.2) is 18.2 Å². The molecule has 0 saturated carbocycles. The third kappa shape index (κ3) is 3.96. The van der Waals surface area contributed by atoms with Crippen molar-refractivity contribution < 1.29 is 4.74 Å². The molecule has 2 N–H and O–H groups in total.